The summed E-state index contributed by atoms with van der Waals surface area (Å²) in [5.41, 5.74) is 7.06. The fourth-order valence-electron chi connectivity index (χ4n) is 1.64. The third kappa shape index (κ3) is 4.10. The summed E-state index contributed by atoms with van der Waals surface area (Å²) in [5, 5.41) is 19.5. The highest BCUT2D eigenvalue weighted by Gasteiger charge is 2.21. The van der Waals surface area contributed by atoms with Crippen LogP contribution in [0.1, 0.15) is 23.7 Å². The molecule has 0 aliphatic heterocycles. The molecular weight excluding hydrogens is 234 g/mol. The number of aliphatic hydroxyl groups excluding tert-OH is 2. The van der Waals surface area contributed by atoms with Crippen molar-refractivity contribution in [3.63, 3.8) is 0 Å². The highest BCUT2D eigenvalue weighted by molar-refractivity contribution is 5.69. The summed E-state index contributed by atoms with van der Waals surface area (Å²) in [5.74, 6) is -0.554. The monoisotopic (exact) mass is 253 g/mol. The number of ether oxygens (including phenoxy) is 1. The molecule has 0 saturated heterocycles. The molecule has 0 spiro atoms. The van der Waals surface area contributed by atoms with Gasteiger partial charge in [0.1, 0.15) is 6.10 Å². The normalized spacial score (nSPS) is 14.0. The molecule has 0 bridgehead atoms. The first-order valence-electron chi connectivity index (χ1n) is 5.80. The molecule has 1 aromatic carbocycles. The van der Waals surface area contributed by atoms with E-state index in [1.807, 2.05) is 12.1 Å². The van der Waals surface area contributed by atoms with Gasteiger partial charge in [-0.3, -0.25) is 4.79 Å². The zero-order chi connectivity index (χ0) is 13.5. The van der Waals surface area contributed by atoms with Gasteiger partial charge in [-0.25, -0.2) is 0 Å². The van der Waals surface area contributed by atoms with Crippen molar-refractivity contribution < 1.29 is 19.7 Å². The predicted molar refractivity (Wildman–Crippen MR) is 66.8 cm³/mol. The molecule has 0 aliphatic rings. The number of hydrogen-bond acceptors (Lipinski definition) is 5. The van der Waals surface area contributed by atoms with Crippen molar-refractivity contribution in [1.29, 1.82) is 0 Å². The van der Waals surface area contributed by atoms with Gasteiger partial charge in [0.2, 0.25) is 0 Å². The number of hydrogen-bond donors (Lipinski definition) is 3. The Morgan fingerprint density at radius 1 is 1.33 bits per heavy atom. The minimum Gasteiger partial charge on any atom is -0.469 e. The summed E-state index contributed by atoms with van der Waals surface area (Å²) in [4.78, 5) is 11.0. The molecule has 1 rings (SSSR count). The first-order chi connectivity index (χ1) is 8.58. The van der Waals surface area contributed by atoms with Gasteiger partial charge in [0.05, 0.1) is 19.6 Å². The molecule has 100 valence electrons. The van der Waals surface area contributed by atoms with E-state index in [1.54, 1.807) is 12.1 Å². The summed E-state index contributed by atoms with van der Waals surface area (Å²) in [6.07, 6.45) is -1.74. The number of nitrogens with two attached hydrogens (primary N) is 1. The number of carbonyl (C=O) groups is 1. The van der Waals surface area contributed by atoms with E-state index in [0.717, 1.165) is 12.0 Å². The van der Waals surface area contributed by atoms with Crippen LogP contribution in [0.4, 0.5) is 0 Å². The second-order valence-electron chi connectivity index (χ2n) is 4.07. The molecule has 0 aliphatic carbocycles. The number of esters is 1. The van der Waals surface area contributed by atoms with Crippen LogP contribution >= 0.6 is 0 Å². The number of aliphatic hydroxyl groups is 2. The van der Waals surface area contributed by atoms with Crippen molar-refractivity contribution in [3.8, 4) is 0 Å². The van der Waals surface area contributed by atoms with Gasteiger partial charge in [-0.05, 0) is 24.1 Å². The van der Waals surface area contributed by atoms with Gasteiger partial charge < -0.3 is 20.7 Å². The maximum absolute atomic E-state index is 11.0. The molecule has 0 fully saturated rings. The molecule has 5 heteroatoms. The Labute approximate surface area is 106 Å². The van der Waals surface area contributed by atoms with Crippen LogP contribution in [0.25, 0.3) is 0 Å². The minimum atomic E-state index is -1.17. The molecular formula is C13H19NO4. The van der Waals surface area contributed by atoms with Gasteiger partial charge in [0.25, 0.3) is 0 Å². The van der Waals surface area contributed by atoms with Crippen molar-refractivity contribution in [2.75, 3.05) is 13.7 Å². The fourth-order valence-corrected chi connectivity index (χ4v) is 1.64. The van der Waals surface area contributed by atoms with Gasteiger partial charge in [-0.1, -0.05) is 24.3 Å². The molecule has 5 nitrogen and oxygen atoms in total. The maximum atomic E-state index is 11.0. The average Bonchev–Trinajstić information content (AvgIpc) is 2.39. The van der Waals surface area contributed by atoms with Crippen LogP contribution in [0, 0.1) is 0 Å². The van der Waals surface area contributed by atoms with Crippen LogP contribution in [-0.2, 0) is 16.0 Å². The SMILES string of the molecule is COC(=O)CC(O)C(O)c1ccc(CCN)cc1. The Morgan fingerprint density at radius 3 is 2.44 bits per heavy atom. The molecule has 0 saturated carbocycles. The van der Waals surface area contributed by atoms with Crippen LogP contribution in [0.2, 0.25) is 0 Å². The Balaban J connectivity index is 2.65. The average molecular weight is 253 g/mol. The topological polar surface area (TPSA) is 92.8 Å². The lowest BCUT2D eigenvalue weighted by Gasteiger charge is -2.17. The summed E-state index contributed by atoms with van der Waals surface area (Å²) in [6, 6.07) is 7.12. The second-order valence-corrected chi connectivity index (χ2v) is 4.07. The third-order valence-electron chi connectivity index (χ3n) is 2.72. The standard InChI is InChI=1S/C13H19NO4/c1-18-12(16)8-11(15)13(17)10-4-2-9(3-5-10)6-7-14/h2-5,11,13,15,17H,6-8,14H2,1H3. The lowest BCUT2D eigenvalue weighted by atomic mass is 10.00. The summed E-state index contributed by atoms with van der Waals surface area (Å²) in [7, 11) is 1.24. The largest absolute Gasteiger partial charge is 0.469 e. The fraction of sp³-hybridized carbons (Fsp3) is 0.462. The van der Waals surface area contributed by atoms with E-state index < -0.39 is 18.2 Å². The highest BCUT2D eigenvalue weighted by Crippen LogP contribution is 2.19. The number of rotatable bonds is 6. The first kappa shape index (κ1) is 14.6. The van der Waals surface area contributed by atoms with Crippen molar-refractivity contribution >= 4 is 5.97 Å². The van der Waals surface area contributed by atoms with Crippen LogP contribution in [0.15, 0.2) is 24.3 Å². The summed E-state index contributed by atoms with van der Waals surface area (Å²) in [6.45, 7) is 0.562. The Hall–Kier alpha value is -1.43. The number of methoxy groups -OCH3 is 1. The van der Waals surface area contributed by atoms with Crippen LogP contribution in [0.5, 0.6) is 0 Å². The zero-order valence-corrected chi connectivity index (χ0v) is 10.4. The number of benzene rings is 1. The van der Waals surface area contributed by atoms with Crippen molar-refractivity contribution in [2.45, 2.75) is 25.0 Å². The van der Waals surface area contributed by atoms with Gasteiger partial charge in [0, 0.05) is 0 Å². The lowest BCUT2D eigenvalue weighted by Crippen LogP contribution is -2.22. The van der Waals surface area contributed by atoms with Crippen molar-refractivity contribution in [2.24, 2.45) is 5.73 Å². The zero-order valence-electron chi connectivity index (χ0n) is 10.4. The Morgan fingerprint density at radius 2 is 1.94 bits per heavy atom. The van der Waals surface area contributed by atoms with Crippen LogP contribution in [0.3, 0.4) is 0 Å². The van der Waals surface area contributed by atoms with E-state index >= 15 is 0 Å². The molecule has 0 aromatic heterocycles. The van der Waals surface area contributed by atoms with Gasteiger partial charge in [-0.2, -0.15) is 0 Å². The smallest absolute Gasteiger partial charge is 0.308 e. The number of carbonyl (C=O) groups excluding carboxylic acids is 1. The lowest BCUT2D eigenvalue weighted by molar-refractivity contribution is -0.144. The molecule has 0 radical (unpaired) electrons. The molecule has 0 amide bonds. The summed E-state index contributed by atoms with van der Waals surface area (Å²) >= 11 is 0. The van der Waals surface area contributed by atoms with Gasteiger partial charge in [-0.15, -0.1) is 0 Å². The molecule has 1 aromatic rings. The highest BCUT2D eigenvalue weighted by atomic mass is 16.5. The maximum Gasteiger partial charge on any atom is 0.308 e. The third-order valence-corrected chi connectivity index (χ3v) is 2.72. The van der Waals surface area contributed by atoms with E-state index in [9.17, 15) is 15.0 Å². The van der Waals surface area contributed by atoms with Gasteiger partial charge in [0.15, 0.2) is 0 Å². The molecule has 2 atom stereocenters. The molecule has 2 unspecified atom stereocenters. The van der Waals surface area contributed by atoms with E-state index in [1.165, 1.54) is 7.11 Å². The first-order valence-corrected chi connectivity index (χ1v) is 5.80. The minimum absolute atomic E-state index is 0.234. The van der Waals surface area contributed by atoms with E-state index in [4.69, 9.17) is 5.73 Å². The molecule has 0 heterocycles. The molecule has 4 N–H and O–H groups in total. The Kier molecular flexibility index (Phi) is 5.77. The van der Waals surface area contributed by atoms with Gasteiger partial charge >= 0.3 is 5.97 Å². The predicted octanol–water partition coefficient (Wildman–Crippen LogP) is 0.145. The molecule has 18 heavy (non-hydrogen) atoms. The van der Waals surface area contributed by atoms with Crippen molar-refractivity contribution in [1.82, 2.24) is 0 Å². The quantitative estimate of drug-likeness (QED) is 0.627. The van der Waals surface area contributed by atoms with E-state index in [-0.39, 0.29) is 6.42 Å². The summed E-state index contributed by atoms with van der Waals surface area (Å²) < 4.78 is 4.43. The van der Waals surface area contributed by atoms with Crippen LogP contribution in [-0.4, -0.2) is 35.9 Å². The second kappa shape index (κ2) is 7.10. The van der Waals surface area contributed by atoms with Crippen molar-refractivity contribution in [3.05, 3.63) is 35.4 Å². The van der Waals surface area contributed by atoms with E-state index in [0.29, 0.717) is 12.1 Å². The Bertz CT molecular complexity index is 377. The van der Waals surface area contributed by atoms with Crippen LogP contribution < -0.4 is 5.73 Å². The van der Waals surface area contributed by atoms with E-state index in [2.05, 4.69) is 4.74 Å².